The third-order valence-corrected chi connectivity index (χ3v) is 8.62. The molecule has 2 aromatic heterocycles. The van der Waals surface area contributed by atoms with Crippen molar-refractivity contribution >= 4 is 17.2 Å². The molecule has 0 saturated carbocycles. The van der Waals surface area contributed by atoms with Crippen LogP contribution in [0.1, 0.15) is 11.1 Å². The fourth-order valence-corrected chi connectivity index (χ4v) is 7.32. The van der Waals surface area contributed by atoms with Crippen LogP contribution in [-0.2, 0) is 5.66 Å². The van der Waals surface area contributed by atoms with Gasteiger partial charge in [0.15, 0.2) is 11.3 Å². The lowest BCUT2D eigenvalue weighted by atomic mass is 9.81. The number of ether oxygens (including phenoxy) is 1. The summed E-state index contributed by atoms with van der Waals surface area (Å²) in [6, 6.07) is 37.0. The van der Waals surface area contributed by atoms with E-state index in [0.717, 1.165) is 28.6 Å². The highest BCUT2D eigenvalue weighted by Gasteiger charge is 2.69. The Labute approximate surface area is 218 Å². The van der Waals surface area contributed by atoms with Gasteiger partial charge in [0.05, 0.1) is 12.4 Å². The minimum Gasteiger partial charge on any atom is -0.456 e. The number of hydrogen-bond donors (Lipinski definition) is 0. The van der Waals surface area contributed by atoms with Gasteiger partial charge in [0.25, 0.3) is 5.82 Å². The maximum Gasteiger partial charge on any atom is 0.397 e. The molecule has 4 aliphatic heterocycles. The highest BCUT2D eigenvalue weighted by molar-refractivity contribution is 6.04. The Morgan fingerprint density at radius 2 is 1.34 bits per heavy atom. The normalized spacial score (nSPS) is 17.7. The molecule has 176 valence electrons. The number of hydrogen-bond acceptors (Lipinski definition) is 2. The molecule has 1 spiro atoms. The third kappa shape index (κ3) is 1.88. The van der Waals surface area contributed by atoms with E-state index in [-0.39, 0.29) is 0 Å². The number of aromatic nitrogens is 3. The predicted molar refractivity (Wildman–Crippen MR) is 143 cm³/mol. The molecule has 0 fully saturated rings. The Balaban J connectivity index is 1.49. The highest BCUT2D eigenvalue weighted by atomic mass is 16.5. The summed E-state index contributed by atoms with van der Waals surface area (Å²) in [5.74, 6) is 2.90. The SMILES string of the molecule is c1ccc2c(c1)-c1ccccc1N1c3c-2ccc2c3C3(c4c(cccc4-n4ccc[n+]43)O2)[n+]2ccccc21. The standard InChI is InChI=1S/C33H20N4O/c1-2-10-22-21(9-1)23-11-3-4-12-25(23)37-29-15-5-6-18-34(29)33-30-26(35-19-8-20-36(33)35)13-7-14-27(30)38-28-17-16-24(22)32(37)31(28)33/h1-20H/q+2. The van der Waals surface area contributed by atoms with Crippen molar-refractivity contribution in [1.82, 2.24) is 4.68 Å². The summed E-state index contributed by atoms with van der Waals surface area (Å²) < 4.78 is 13.8. The number of rotatable bonds is 0. The molecule has 6 aromatic rings. The van der Waals surface area contributed by atoms with Crippen molar-refractivity contribution in [2.24, 2.45) is 0 Å². The molecule has 1 atom stereocenters. The average Bonchev–Trinajstić information content (AvgIpc) is 3.53. The summed E-state index contributed by atoms with van der Waals surface area (Å²) in [5, 5.41) is 0. The van der Waals surface area contributed by atoms with Crippen molar-refractivity contribution in [2.45, 2.75) is 5.66 Å². The van der Waals surface area contributed by atoms with Crippen LogP contribution in [0.3, 0.4) is 0 Å². The second-order valence-corrected chi connectivity index (χ2v) is 10.3. The lowest BCUT2D eigenvalue weighted by Gasteiger charge is -2.37. The Bertz CT molecular complexity index is 2040. The van der Waals surface area contributed by atoms with Crippen LogP contribution < -0.4 is 18.9 Å². The monoisotopic (exact) mass is 488 g/mol. The molecule has 0 aliphatic carbocycles. The Morgan fingerprint density at radius 1 is 0.579 bits per heavy atom. The average molecular weight is 489 g/mol. The second kappa shape index (κ2) is 6.21. The first-order valence-corrected chi connectivity index (χ1v) is 13.0. The summed E-state index contributed by atoms with van der Waals surface area (Å²) in [6.45, 7) is 0. The maximum absolute atomic E-state index is 6.75. The van der Waals surface area contributed by atoms with Crippen molar-refractivity contribution in [2.75, 3.05) is 4.90 Å². The van der Waals surface area contributed by atoms with Crippen LogP contribution in [0.15, 0.2) is 122 Å². The van der Waals surface area contributed by atoms with Crippen LogP contribution in [0.5, 0.6) is 11.5 Å². The molecule has 5 nitrogen and oxygen atoms in total. The van der Waals surface area contributed by atoms with E-state index in [1.807, 2.05) is 0 Å². The number of pyridine rings is 1. The van der Waals surface area contributed by atoms with Gasteiger partial charge in [-0.15, -0.1) is 4.68 Å². The minimum atomic E-state index is -0.629. The topological polar surface area (TPSA) is 25.2 Å². The molecule has 0 N–H and O–H groups in total. The number of benzene rings is 4. The van der Waals surface area contributed by atoms with E-state index >= 15 is 0 Å². The van der Waals surface area contributed by atoms with E-state index in [2.05, 4.69) is 141 Å². The van der Waals surface area contributed by atoms with E-state index in [9.17, 15) is 0 Å². The Morgan fingerprint density at radius 3 is 2.26 bits per heavy atom. The highest BCUT2D eigenvalue weighted by Crippen LogP contribution is 2.61. The molecule has 0 radical (unpaired) electrons. The van der Waals surface area contributed by atoms with Gasteiger partial charge in [-0.1, -0.05) is 59.3 Å². The molecular weight excluding hydrogens is 468 g/mol. The van der Waals surface area contributed by atoms with Gasteiger partial charge in [0.1, 0.15) is 28.4 Å². The van der Waals surface area contributed by atoms with Gasteiger partial charge in [-0.2, -0.15) is 9.47 Å². The van der Waals surface area contributed by atoms with Crippen molar-refractivity contribution in [1.29, 1.82) is 0 Å². The van der Waals surface area contributed by atoms with E-state index in [1.165, 1.54) is 39.2 Å². The molecule has 5 heteroatoms. The second-order valence-electron chi connectivity index (χ2n) is 10.3. The van der Waals surface area contributed by atoms with Crippen LogP contribution >= 0.6 is 0 Å². The predicted octanol–water partition coefficient (Wildman–Crippen LogP) is 6.20. The van der Waals surface area contributed by atoms with Crippen molar-refractivity contribution < 1.29 is 14.0 Å². The minimum absolute atomic E-state index is 0.629. The Hall–Kier alpha value is -5.16. The van der Waals surface area contributed by atoms with Gasteiger partial charge < -0.3 is 4.74 Å². The maximum atomic E-state index is 6.75. The van der Waals surface area contributed by atoms with Gasteiger partial charge in [-0.25, -0.2) is 0 Å². The van der Waals surface area contributed by atoms with Crippen LogP contribution in [0, 0.1) is 0 Å². The van der Waals surface area contributed by atoms with E-state index < -0.39 is 5.66 Å². The molecular formula is C33H20N4O+2. The molecule has 6 heterocycles. The molecule has 4 aromatic carbocycles. The largest absolute Gasteiger partial charge is 0.456 e. The number of anilines is 3. The van der Waals surface area contributed by atoms with Gasteiger partial charge in [0.2, 0.25) is 6.20 Å². The van der Waals surface area contributed by atoms with Crippen molar-refractivity contribution in [3.63, 3.8) is 0 Å². The van der Waals surface area contributed by atoms with Crippen LogP contribution in [0.25, 0.3) is 27.9 Å². The number of fused-ring (bicyclic) bond motifs is 9. The van der Waals surface area contributed by atoms with Crippen LogP contribution in [0.2, 0.25) is 0 Å². The number of para-hydroxylation sites is 1. The first-order valence-electron chi connectivity index (χ1n) is 13.0. The smallest absolute Gasteiger partial charge is 0.397 e. The summed E-state index contributed by atoms with van der Waals surface area (Å²) in [6.07, 6.45) is 6.55. The summed E-state index contributed by atoms with van der Waals surface area (Å²) >= 11 is 0. The van der Waals surface area contributed by atoms with E-state index in [0.29, 0.717) is 0 Å². The van der Waals surface area contributed by atoms with E-state index in [4.69, 9.17) is 4.74 Å². The molecule has 4 aliphatic rings. The quantitative estimate of drug-likeness (QED) is 0.238. The molecule has 0 amide bonds. The fraction of sp³-hybridized carbons (Fsp3) is 0.0303. The molecule has 1 unspecified atom stereocenters. The van der Waals surface area contributed by atoms with Crippen molar-refractivity contribution in [3.05, 3.63) is 133 Å². The fourth-order valence-electron chi connectivity index (χ4n) is 7.32. The van der Waals surface area contributed by atoms with Gasteiger partial charge in [-0.3, -0.25) is 0 Å². The summed E-state index contributed by atoms with van der Waals surface area (Å²) in [5.41, 5.74) is 10.1. The van der Waals surface area contributed by atoms with E-state index in [1.54, 1.807) is 0 Å². The molecule has 0 bridgehead atoms. The zero-order valence-electron chi connectivity index (χ0n) is 20.2. The first-order chi connectivity index (χ1) is 18.9. The number of nitrogens with zero attached hydrogens (tertiary/aromatic N) is 4. The Kier molecular flexibility index (Phi) is 3.11. The first kappa shape index (κ1) is 19.0. The van der Waals surface area contributed by atoms with Gasteiger partial charge in [-0.05, 0) is 47.5 Å². The third-order valence-electron chi connectivity index (χ3n) is 8.62. The zero-order valence-corrected chi connectivity index (χ0v) is 20.2. The lowest BCUT2D eigenvalue weighted by Crippen LogP contribution is -2.76. The van der Waals surface area contributed by atoms with Gasteiger partial charge >= 0.3 is 5.66 Å². The van der Waals surface area contributed by atoms with Crippen LogP contribution in [-0.4, -0.2) is 4.68 Å². The summed E-state index contributed by atoms with van der Waals surface area (Å²) in [4.78, 5) is 2.44. The van der Waals surface area contributed by atoms with Gasteiger partial charge in [0, 0.05) is 23.3 Å². The molecule has 38 heavy (non-hydrogen) atoms. The lowest BCUT2D eigenvalue weighted by molar-refractivity contribution is -0.991. The molecule has 0 saturated heterocycles. The molecule has 10 rings (SSSR count). The van der Waals surface area contributed by atoms with Crippen LogP contribution in [0.4, 0.5) is 17.2 Å². The van der Waals surface area contributed by atoms with Crippen molar-refractivity contribution in [3.8, 4) is 39.4 Å². The zero-order chi connectivity index (χ0) is 24.6. The summed E-state index contributed by atoms with van der Waals surface area (Å²) in [7, 11) is 0.